The van der Waals surface area contributed by atoms with Crippen molar-refractivity contribution >= 4 is 23.5 Å². The molecule has 1 aliphatic heterocycles. The van der Waals surface area contributed by atoms with Gasteiger partial charge >= 0.3 is 5.97 Å². The molecule has 1 N–H and O–H groups in total. The molecule has 1 fully saturated rings. The highest BCUT2D eigenvalue weighted by Crippen LogP contribution is 2.30. The van der Waals surface area contributed by atoms with Gasteiger partial charge in [-0.15, -0.1) is 0 Å². The summed E-state index contributed by atoms with van der Waals surface area (Å²) >= 11 is 5.83. The molecule has 4 nitrogen and oxygen atoms in total. The van der Waals surface area contributed by atoms with Crippen LogP contribution in [-0.2, 0) is 16.0 Å². The number of amides is 1. The lowest BCUT2D eigenvalue weighted by atomic mass is 9.90. The van der Waals surface area contributed by atoms with E-state index in [0.29, 0.717) is 31.0 Å². The highest BCUT2D eigenvalue weighted by atomic mass is 35.5. The number of aliphatic carboxylic acids is 1. The number of benzene rings is 1. The molecule has 1 atom stereocenters. The maximum absolute atomic E-state index is 12.1. The summed E-state index contributed by atoms with van der Waals surface area (Å²) in [7, 11) is 0. The molecule has 21 heavy (non-hydrogen) atoms. The minimum absolute atomic E-state index is 0.0499. The lowest BCUT2D eigenvalue weighted by Crippen LogP contribution is -2.34. The van der Waals surface area contributed by atoms with Crippen LogP contribution in [0.4, 0.5) is 0 Å². The van der Waals surface area contributed by atoms with Gasteiger partial charge in [-0.2, -0.15) is 0 Å². The largest absolute Gasteiger partial charge is 0.481 e. The molecular weight excluding hydrogens is 290 g/mol. The Morgan fingerprint density at radius 3 is 2.57 bits per heavy atom. The summed E-state index contributed by atoms with van der Waals surface area (Å²) < 4.78 is 0. The van der Waals surface area contributed by atoms with Crippen LogP contribution in [0.1, 0.15) is 31.7 Å². The van der Waals surface area contributed by atoms with E-state index in [9.17, 15) is 14.7 Å². The van der Waals surface area contributed by atoms with E-state index in [2.05, 4.69) is 0 Å². The zero-order chi connectivity index (χ0) is 15.5. The van der Waals surface area contributed by atoms with Gasteiger partial charge in [0, 0.05) is 24.5 Å². The Morgan fingerprint density at radius 2 is 2.00 bits per heavy atom. The molecule has 114 valence electrons. The first kappa shape index (κ1) is 15.8. The fourth-order valence-electron chi connectivity index (χ4n) is 2.60. The van der Waals surface area contributed by atoms with Crippen LogP contribution in [-0.4, -0.2) is 35.0 Å². The van der Waals surface area contributed by atoms with Gasteiger partial charge in [0.1, 0.15) is 0 Å². The van der Waals surface area contributed by atoms with Crippen molar-refractivity contribution in [2.24, 2.45) is 5.41 Å². The highest BCUT2D eigenvalue weighted by molar-refractivity contribution is 6.30. The van der Waals surface area contributed by atoms with Crippen molar-refractivity contribution in [2.75, 3.05) is 13.1 Å². The van der Waals surface area contributed by atoms with Gasteiger partial charge in [0.2, 0.25) is 5.91 Å². The zero-order valence-corrected chi connectivity index (χ0v) is 12.9. The average molecular weight is 310 g/mol. The van der Waals surface area contributed by atoms with Crippen LogP contribution in [0.3, 0.4) is 0 Å². The molecule has 1 amide bonds. The predicted octanol–water partition coefficient (Wildman–Crippen LogP) is 2.99. The smallest absolute Gasteiger partial charge is 0.311 e. The summed E-state index contributed by atoms with van der Waals surface area (Å²) in [4.78, 5) is 25.0. The highest BCUT2D eigenvalue weighted by Gasteiger charge is 2.41. The molecule has 2 rings (SSSR count). The topological polar surface area (TPSA) is 57.6 Å². The number of hydrogen-bond acceptors (Lipinski definition) is 2. The van der Waals surface area contributed by atoms with Crippen LogP contribution < -0.4 is 0 Å². The zero-order valence-electron chi connectivity index (χ0n) is 12.1. The summed E-state index contributed by atoms with van der Waals surface area (Å²) in [5.41, 5.74) is 0.371. The molecule has 1 saturated heterocycles. The third-order valence-corrected chi connectivity index (χ3v) is 4.36. The predicted molar refractivity (Wildman–Crippen MR) is 81.3 cm³/mol. The second-order valence-electron chi connectivity index (χ2n) is 5.91. The number of rotatable bonds is 5. The number of carbonyl (C=O) groups excluding carboxylic acids is 1. The standard InChI is InChI=1S/C16H20ClNO3/c1-16(15(20)21)9-10-18(11-16)14(19)4-2-3-12-5-7-13(17)8-6-12/h5-8H,2-4,9-11H2,1H3,(H,20,21). The number of carbonyl (C=O) groups is 2. The number of halogens is 1. The van der Waals surface area contributed by atoms with Gasteiger partial charge in [-0.1, -0.05) is 23.7 Å². The van der Waals surface area contributed by atoms with Gasteiger partial charge in [0.05, 0.1) is 5.41 Å². The second-order valence-corrected chi connectivity index (χ2v) is 6.35. The first-order chi connectivity index (χ1) is 9.90. The van der Waals surface area contributed by atoms with E-state index < -0.39 is 11.4 Å². The maximum Gasteiger partial charge on any atom is 0.311 e. The molecule has 0 aromatic heterocycles. The first-order valence-electron chi connectivity index (χ1n) is 7.16. The summed E-state index contributed by atoms with van der Waals surface area (Å²) in [6.45, 7) is 2.57. The molecule has 1 unspecified atom stereocenters. The summed E-state index contributed by atoms with van der Waals surface area (Å²) in [5.74, 6) is -0.770. The normalized spacial score (nSPS) is 21.5. The van der Waals surface area contributed by atoms with Gasteiger partial charge in [-0.3, -0.25) is 9.59 Å². The maximum atomic E-state index is 12.1. The van der Waals surface area contributed by atoms with Crippen molar-refractivity contribution in [3.63, 3.8) is 0 Å². The van der Waals surface area contributed by atoms with Crippen LogP contribution in [0.2, 0.25) is 5.02 Å². The van der Waals surface area contributed by atoms with Crippen molar-refractivity contribution in [3.05, 3.63) is 34.9 Å². The van der Waals surface area contributed by atoms with Crippen LogP contribution in [0.15, 0.2) is 24.3 Å². The van der Waals surface area contributed by atoms with Gasteiger partial charge in [0.15, 0.2) is 0 Å². The molecule has 0 saturated carbocycles. The van der Waals surface area contributed by atoms with Crippen molar-refractivity contribution in [2.45, 2.75) is 32.6 Å². The minimum Gasteiger partial charge on any atom is -0.481 e. The SMILES string of the molecule is CC1(C(=O)O)CCN(C(=O)CCCc2ccc(Cl)cc2)C1. The molecule has 1 aromatic rings. The number of carboxylic acid groups (broad SMARTS) is 1. The van der Waals surface area contributed by atoms with Gasteiger partial charge in [-0.05, 0) is 43.9 Å². The summed E-state index contributed by atoms with van der Waals surface area (Å²) in [6, 6.07) is 7.61. The fraction of sp³-hybridized carbons (Fsp3) is 0.500. The van der Waals surface area contributed by atoms with E-state index in [-0.39, 0.29) is 5.91 Å². The molecule has 0 spiro atoms. The number of aryl methyl sites for hydroxylation is 1. The van der Waals surface area contributed by atoms with E-state index in [0.717, 1.165) is 18.4 Å². The van der Waals surface area contributed by atoms with E-state index >= 15 is 0 Å². The molecule has 0 aliphatic carbocycles. The van der Waals surface area contributed by atoms with E-state index in [1.54, 1.807) is 11.8 Å². The molecule has 1 aromatic carbocycles. The van der Waals surface area contributed by atoms with Crippen molar-refractivity contribution in [3.8, 4) is 0 Å². The minimum atomic E-state index is -0.820. The van der Waals surface area contributed by atoms with Crippen molar-refractivity contribution in [1.82, 2.24) is 4.90 Å². The lowest BCUT2D eigenvalue weighted by molar-refractivity contribution is -0.147. The second kappa shape index (κ2) is 6.48. The third-order valence-electron chi connectivity index (χ3n) is 4.11. The van der Waals surface area contributed by atoms with Crippen molar-refractivity contribution < 1.29 is 14.7 Å². The molecule has 0 radical (unpaired) electrons. The van der Waals surface area contributed by atoms with E-state index in [4.69, 9.17) is 11.6 Å². The number of likely N-dealkylation sites (tertiary alicyclic amines) is 1. The number of nitrogens with zero attached hydrogens (tertiary/aromatic N) is 1. The van der Waals surface area contributed by atoms with Crippen LogP contribution in [0.5, 0.6) is 0 Å². The Labute approximate surface area is 129 Å². The molecule has 0 bridgehead atoms. The van der Waals surface area contributed by atoms with Gasteiger partial charge in [0.25, 0.3) is 0 Å². The Morgan fingerprint density at radius 1 is 1.33 bits per heavy atom. The number of hydrogen-bond donors (Lipinski definition) is 1. The summed E-state index contributed by atoms with van der Waals surface area (Å²) in [6.07, 6.45) is 2.58. The van der Waals surface area contributed by atoms with Crippen LogP contribution in [0.25, 0.3) is 0 Å². The Kier molecular flexibility index (Phi) is 4.88. The monoisotopic (exact) mass is 309 g/mol. The van der Waals surface area contributed by atoms with E-state index in [1.165, 1.54) is 0 Å². The summed E-state index contributed by atoms with van der Waals surface area (Å²) in [5, 5.41) is 9.88. The number of carboxylic acids is 1. The lowest BCUT2D eigenvalue weighted by Gasteiger charge is -2.20. The fourth-order valence-corrected chi connectivity index (χ4v) is 2.73. The molecule has 1 heterocycles. The average Bonchev–Trinajstić information content (AvgIpc) is 2.85. The first-order valence-corrected chi connectivity index (χ1v) is 7.54. The Bertz CT molecular complexity index is 529. The molecule has 1 aliphatic rings. The molecule has 5 heteroatoms. The van der Waals surface area contributed by atoms with Crippen LogP contribution >= 0.6 is 11.6 Å². The van der Waals surface area contributed by atoms with Crippen molar-refractivity contribution in [1.29, 1.82) is 0 Å². The Balaban J connectivity index is 1.78. The Hall–Kier alpha value is -1.55. The quantitative estimate of drug-likeness (QED) is 0.909. The van der Waals surface area contributed by atoms with Crippen LogP contribution in [0, 0.1) is 5.41 Å². The van der Waals surface area contributed by atoms with Gasteiger partial charge in [-0.25, -0.2) is 0 Å². The third kappa shape index (κ3) is 3.97. The van der Waals surface area contributed by atoms with E-state index in [1.807, 2.05) is 24.3 Å². The molecular formula is C16H20ClNO3. The van der Waals surface area contributed by atoms with Gasteiger partial charge < -0.3 is 10.0 Å².